The summed E-state index contributed by atoms with van der Waals surface area (Å²) in [7, 11) is 0. The number of hydrazine groups is 1. The molecule has 1 N–H and O–H groups in total. The summed E-state index contributed by atoms with van der Waals surface area (Å²) in [5.41, 5.74) is 1.90. The van der Waals surface area contributed by atoms with Crippen molar-refractivity contribution in [2.45, 2.75) is 46.8 Å². The zero-order valence-corrected chi connectivity index (χ0v) is 11.9. The number of amides is 2. The lowest BCUT2D eigenvalue weighted by atomic mass is 10.3. The van der Waals surface area contributed by atoms with Gasteiger partial charge in [-0.2, -0.15) is 5.01 Å². The fourth-order valence-corrected chi connectivity index (χ4v) is 0.967. The largest absolute Gasteiger partial charge is 0.446 e. The Labute approximate surface area is 112 Å². The lowest BCUT2D eigenvalue weighted by molar-refractivity contribution is -0.115. The van der Waals surface area contributed by atoms with E-state index in [2.05, 4.69) is 12.0 Å². The van der Waals surface area contributed by atoms with Crippen molar-refractivity contribution in [1.29, 1.82) is 0 Å². The minimum absolute atomic E-state index is 0.216. The van der Waals surface area contributed by atoms with E-state index in [9.17, 15) is 14.4 Å². The Kier molecular flexibility index (Phi) is 6.60. The molecule has 0 unspecified atom stereocenters. The number of rotatable bonds is 4. The summed E-state index contributed by atoms with van der Waals surface area (Å²) in [6.07, 6.45) is -2.56. The molecular weight excluding hydrogens is 252 g/mol. The third-order valence-corrected chi connectivity index (χ3v) is 1.74. The second-order valence-electron chi connectivity index (χ2n) is 4.34. The molecule has 7 nitrogen and oxygen atoms in total. The van der Waals surface area contributed by atoms with Gasteiger partial charge in [-0.3, -0.25) is 4.79 Å². The highest BCUT2D eigenvalue weighted by atomic mass is 16.6. The second-order valence-corrected chi connectivity index (χ2v) is 4.34. The van der Waals surface area contributed by atoms with Crippen molar-refractivity contribution in [1.82, 2.24) is 10.4 Å². The van der Waals surface area contributed by atoms with E-state index in [0.717, 1.165) is 0 Å². The SMILES string of the molecule is C=C(C(C)=O)N(NC(=O)OC(C)C)C(=O)OC(C)C. The maximum Gasteiger partial charge on any atom is 0.433 e. The number of ether oxygens (including phenoxy) is 2. The van der Waals surface area contributed by atoms with E-state index in [1.807, 2.05) is 0 Å². The number of Topliss-reactive ketones (excluding diaryl/α,β-unsaturated/α-hetero) is 1. The van der Waals surface area contributed by atoms with Gasteiger partial charge in [-0.25, -0.2) is 15.0 Å². The summed E-state index contributed by atoms with van der Waals surface area (Å²) >= 11 is 0. The van der Waals surface area contributed by atoms with Crippen LogP contribution in [0.2, 0.25) is 0 Å². The zero-order chi connectivity index (χ0) is 15.2. The molecular formula is C12H20N2O5. The van der Waals surface area contributed by atoms with Crippen molar-refractivity contribution >= 4 is 18.0 Å². The van der Waals surface area contributed by atoms with Gasteiger partial charge in [-0.1, -0.05) is 6.58 Å². The number of carbonyl (C=O) groups excluding carboxylic acids is 3. The topological polar surface area (TPSA) is 84.9 Å². The zero-order valence-electron chi connectivity index (χ0n) is 11.9. The van der Waals surface area contributed by atoms with Gasteiger partial charge in [0.15, 0.2) is 5.78 Å². The Balaban J connectivity index is 4.87. The highest BCUT2D eigenvalue weighted by Gasteiger charge is 2.25. The van der Waals surface area contributed by atoms with Crippen LogP contribution in [-0.2, 0) is 14.3 Å². The van der Waals surface area contributed by atoms with E-state index in [0.29, 0.717) is 5.01 Å². The van der Waals surface area contributed by atoms with E-state index >= 15 is 0 Å². The quantitative estimate of drug-likeness (QED) is 0.625. The Hall–Kier alpha value is -2.05. The van der Waals surface area contributed by atoms with Gasteiger partial charge in [0.1, 0.15) is 5.70 Å². The Morgan fingerprint density at radius 1 is 1.05 bits per heavy atom. The first-order valence-corrected chi connectivity index (χ1v) is 5.83. The molecule has 0 radical (unpaired) electrons. The minimum atomic E-state index is -0.907. The van der Waals surface area contributed by atoms with Crippen LogP contribution < -0.4 is 5.43 Å². The molecule has 0 aromatic rings. The molecule has 0 bridgehead atoms. The van der Waals surface area contributed by atoms with Crippen LogP contribution in [-0.4, -0.2) is 35.2 Å². The number of hydrogen-bond acceptors (Lipinski definition) is 5. The summed E-state index contributed by atoms with van der Waals surface area (Å²) in [4.78, 5) is 34.4. The molecule has 0 rings (SSSR count). The number of allylic oxidation sites excluding steroid dienone is 1. The standard InChI is InChI=1S/C12H20N2O5/c1-7(2)18-11(16)13-14(9(5)10(6)15)12(17)19-8(3)4/h7-8H,5H2,1-4,6H3,(H,13,16). The van der Waals surface area contributed by atoms with Crippen LogP contribution in [0.4, 0.5) is 9.59 Å². The van der Waals surface area contributed by atoms with Gasteiger partial charge in [0, 0.05) is 6.92 Å². The molecule has 0 aromatic carbocycles. The minimum Gasteiger partial charge on any atom is -0.446 e. The summed E-state index contributed by atoms with van der Waals surface area (Å²) in [6.45, 7) is 11.2. The summed E-state index contributed by atoms with van der Waals surface area (Å²) in [6, 6.07) is 0. The molecule has 19 heavy (non-hydrogen) atoms. The van der Waals surface area contributed by atoms with Gasteiger partial charge in [0.05, 0.1) is 12.2 Å². The number of ketones is 1. The smallest absolute Gasteiger partial charge is 0.433 e. The summed E-state index contributed by atoms with van der Waals surface area (Å²) in [5, 5.41) is 0.632. The first kappa shape index (κ1) is 16.9. The van der Waals surface area contributed by atoms with Gasteiger partial charge in [-0.15, -0.1) is 0 Å². The predicted octanol–water partition coefficient (Wildman–Crippen LogP) is 1.99. The third kappa shape index (κ3) is 6.44. The van der Waals surface area contributed by atoms with Crippen LogP contribution in [0, 0.1) is 0 Å². The van der Waals surface area contributed by atoms with Crippen LogP contribution in [0.15, 0.2) is 12.3 Å². The molecule has 0 saturated carbocycles. The van der Waals surface area contributed by atoms with Crippen molar-refractivity contribution in [2.24, 2.45) is 0 Å². The van der Waals surface area contributed by atoms with Crippen LogP contribution in [0.3, 0.4) is 0 Å². The average Bonchev–Trinajstić information content (AvgIpc) is 2.22. The molecule has 0 aliphatic heterocycles. The van der Waals surface area contributed by atoms with E-state index in [1.165, 1.54) is 6.92 Å². The Morgan fingerprint density at radius 3 is 1.89 bits per heavy atom. The second kappa shape index (κ2) is 7.40. The molecule has 2 amide bonds. The number of carbonyl (C=O) groups is 3. The number of nitrogens with one attached hydrogen (secondary N) is 1. The van der Waals surface area contributed by atoms with Gasteiger partial charge >= 0.3 is 12.2 Å². The fourth-order valence-electron chi connectivity index (χ4n) is 0.967. The van der Waals surface area contributed by atoms with Crippen molar-refractivity contribution in [3.05, 3.63) is 12.3 Å². The van der Waals surface area contributed by atoms with Crippen LogP contribution in [0.25, 0.3) is 0 Å². The molecule has 0 aliphatic rings. The van der Waals surface area contributed by atoms with E-state index < -0.39 is 24.1 Å². The highest BCUT2D eigenvalue weighted by molar-refractivity contribution is 5.96. The van der Waals surface area contributed by atoms with Crippen molar-refractivity contribution in [3.63, 3.8) is 0 Å². The molecule has 0 atom stereocenters. The molecule has 0 aliphatic carbocycles. The molecule has 0 fully saturated rings. The maximum atomic E-state index is 11.7. The van der Waals surface area contributed by atoms with Crippen LogP contribution in [0.1, 0.15) is 34.6 Å². The fraction of sp³-hybridized carbons (Fsp3) is 0.583. The van der Waals surface area contributed by atoms with E-state index in [-0.39, 0.29) is 11.8 Å². The van der Waals surface area contributed by atoms with E-state index in [4.69, 9.17) is 9.47 Å². The van der Waals surface area contributed by atoms with Crippen molar-refractivity contribution < 1.29 is 23.9 Å². The van der Waals surface area contributed by atoms with E-state index in [1.54, 1.807) is 27.7 Å². The maximum absolute atomic E-state index is 11.7. The molecule has 0 spiro atoms. The van der Waals surface area contributed by atoms with Crippen molar-refractivity contribution in [2.75, 3.05) is 0 Å². The molecule has 0 saturated heterocycles. The Morgan fingerprint density at radius 2 is 1.53 bits per heavy atom. The highest BCUT2D eigenvalue weighted by Crippen LogP contribution is 2.05. The monoisotopic (exact) mass is 272 g/mol. The van der Waals surface area contributed by atoms with Gasteiger partial charge in [0.2, 0.25) is 0 Å². The van der Waals surface area contributed by atoms with Gasteiger partial charge in [-0.05, 0) is 27.7 Å². The van der Waals surface area contributed by atoms with Gasteiger partial charge in [0.25, 0.3) is 0 Å². The van der Waals surface area contributed by atoms with Crippen LogP contribution in [0.5, 0.6) is 0 Å². The average molecular weight is 272 g/mol. The Bertz CT molecular complexity index is 376. The first-order chi connectivity index (χ1) is 8.65. The number of nitrogens with zero attached hydrogens (tertiary/aromatic N) is 1. The molecule has 0 heterocycles. The lowest BCUT2D eigenvalue weighted by Crippen LogP contribution is -2.48. The molecule has 108 valence electrons. The molecule has 7 heteroatoms. The predicted molar refractivity (Wildman–Crippen MR) is 68.0 cm³/mol. The summed E-state index contributed by atoms with van der Waals surface area (Å²) < 4.78 is 9.71. The van der Waals surface area contributed by atoms with Gasteiger partial charge < -0.3 is 9.47 Å². The lowest BCUT2D eigenvalue weighted by Gasteiger charge is -2.24. The number of hydrogen-bond donors (Lipinski definition) is 1. The first-order valence-electron chi connectivity index (χ1n) is 5.83. The summed E-state index contributed by atoms with van der Waals surface area (Å²) in [5.74, 6) is -0.481. The van der Waals surface area contributed by atoms with Crippen LogP contribution >= 0.6 is 0 Å². The molecule has 0 aromatic heterocycles. The third-order valence-electron chi connectivity index (χ3n) is 1.74. The van der Waals surface area contributed by atoms with Crippen molar-refractivity contribution in [3.8, 4) is 0 Å². The normalized spacial score (nSPS) is 10.1.